The fourth-order valence-corrected chi connectivity index (χ4v) is 2.66. The van der Waals surface area contributed by atoms with E-state index in [1.165, 1.54) is 22.3 Å². The topological polar surface area (TPSA) is 13.1 Å². The maximum Gasteiger partial charge on any atom is 0.104 e. The van der Waals surface area contributed by atoms with Gasteiger partial charge in [0.15, 0.2) is 0 Å². The summed E-state index contributed by atoms with van der Waals surface area (Å²) in [6, 6.07) is 21.4. The number of aryl methyl sites for hydroxylation is 2. The molecule has 0 radical (unpaired) electrons. The molecular formula is C22H22O. The second-order valence-electron chi connectivity index (χ2n) is 6.07. The Hall–Kier alpha value is -2.54. The second kappa shape index (κ2) is 7.15. The Morgan fingerprint density at radius 2 is 1.52 bits per heavy atom. The summed E-state index contributed by atoms with van der Waals surface area (Å²) in [6.45, 7) is 4.23. The van der Waals surface area contributed by atoms with Crippen LogP contribution in [-0.4, -0.2) is 0 Å². The average Bonchev–Trinajstić information content (AvgIpc) is 3.07. The fraction of sp³-hybridized carbons (Fsp3) is 0.182. The maximum atomic E-state index is 5.54. The van der Waals surface area contributed by atoms with Gasteiger partial charge in [-0.1, -0.05) is 71.8 Å². The molecule has 3 aromatic rings. The van der Waals surface area contributed by atoms with Gasteiger partial charge in [0, 0.05) is 12.3 Å². The van der Waals surface area contributed by atoms with E-state index in [1.807, 2.05) is 12.1 Å². The Morgan fingerprint density at radius 3 is 2.13 bits per heavy atom. The fourth-order valence-electron chi connectivity index (χ4n) is 2.66. The van der Waals surface area contributed by atoms with Crippen molar-refractivity contribution in [2.75, 3.05) is 0 Å². The summed E-state index contributed by atoms with van der Waals surface area (Å²) >= 11 is 0. The van der Waals surface area contributed by atoms with Crippen LogP contribution in [0, 0.1) is 13.8 Å². The number of hydrogen-bond acceptors (Lipinski definition) is 1. The van der Waals surface area contributed by atoms with Gasteiger partial charge in [0.2, 0.25) is 0 Å². The highest BCUT2D eigenvalue weighted by Gasteiger charge is 2.11. The third-order valence-corrected chi connectivity index (χ3v) is 4.11. The summed E-state index contributed by atoms with van der Waals surface area (Å²) in [5.41, 5.74) is 5.11. The van der Waals surface area contributed by atoms with Crippen LogP contribution in [0.5, 0.6) is 0 Å². The number of allylic oxidation sites excluding steroid dienone is 1. The molecule has 23 heavy (non-hydrogen) atoms. The molecule has 0 amide bonds. The van der Waals surface area contributed by atoms with Crippen molar-refractivity contribution in [1.82, 2.24) is 0 Å². The Kier molecular flexibility index (Phi) is 4.77. The average molecular weight is 302 g/mol. The van der Waals surface area contributed by atoms with E-state index >= 15 is 0 Å². The molecule has 0 aliphatic carbocycles. The van der Waals surface area contributed by atoms with Gasteiger partial charge in [-0.25, -0.2) is 0 Å². The van der Waals surface area contributed by atoms with Crippen molar-refractivity contribution in [3.05, 3.63) is 101 Å². The van der Waals surface area contributed by atoms with Gasteiger partial charge in [0.25, 0.3) is 0 Å². The molecule has 1 heteroatoms. The molecule has 1 nitrogen and oxygen atoms in total. The molecule has 0 saturated carbocycles. The van der Waals surface area contributed by atoms with Gasteiger partial charge in [-0.15, -0.1) is 0 Å². The van der Waals surface area contributed by atoms with Gasteiger partial charge in [0.1, 0.15) is 5.76 Å². The van der Waals surface area contributed by atoms with Gasteiger partial charge in [-0.2, -0.15) is 0 Å². The molecule has 0 N–H and O–H groups in total. The van der Waals surface area contributed by atoms with Crippen LogP contribution in [0.1, 0.15) is 33.9 Å². The zero-order valence-electron chi connectivity index (χ0n) is 13.7. The first-order valence-corrected chi connectivity index (χ1v) is 8.04. The highest BCUT2D eigenvalue weighted by molar-refractivity contribution is 5.51. The van der Waals surface area contributed by atoms with Crippen LogP contribution in [0.15, 0.2) is 77.4 Å². The summed E-state index contributed by atoms with van der Waals surface area (Å²) in [7, 11) is 0. The smallest absolute Gasteiger partial charge is 0.104 e. The van der Waals surface area contributed by atoms with Crippen LogP contribution in [0.25, 0.3) is 6.08 Å². The van der Waals surface area contributed by atoms with Gasteiger partial charge < -0.3 is 4.42 Å². The molecule has 0 aliphatic heterocycles. The van der Waals surface area contributed by atoms with Crippen LogP contribution in [0.3, 0.4) is 0 Å². The van der Waals surface area contributed by atoms with Gasteiger partial charge in [-0.05, 0) is 37.1 Å². The van der Waals surface area contributed by atoms with Crippen molar-refractivity contribution < 1.29 is 4.42 Å². The minimum atomic E-state index is 0.308. The van der Waals surface area contributed by atoms with Crippen molar-refractivity contribution >= 4 is 6.08 Å². The molecule has 0 aliphatic rings. The SMILES string of the molecule is Cc1ccc(/C=C/C(Cc2ccco2)c2ccc(C)cc2)cc1. The minimum Gasteiger partial charge on any atom is -0.469 e. The molecule has 116 valence electrons. The van der Waals surface area contributed by atoms with Crippen molar-refractivity contribution in [3.63, 3.8) is 0 Å². The molecule has 0 bridgehead atoms. The molecule has 0 saturated heterocycles. The monoisotopic (exact) mass is 302 g/mol. The number of benzene rings is 2. The quantitative estimate of drug-likeness (QED) is 0.569. The highest BCUT2D eigenvalue weighted by atomic mass is 16.3. The van der Waals surface area contributed by atoms with Crippen LogP contribution in [0.4, 0.5) is 0 Å². The summed E-state index contributed by atoms with van der Waals surface area (Å²) in [5, 5.41) is 0. The first-order chi connectivity index (χ1) is 11.2. The lowest BCUT2D eigenvalue weighted by atomic mass is 9.93. The van der Waals surface area contributed by atoms with E-state index in [9.17, 15) is 0 Å². The van der Waals surface area contributed by atoms with E-state index in [0.717, 1.165) is 12.2 Å². The van der Waals surface area contributed by atoms with Gasteiger partial charge in [-0.3, -0.25) is 0 Å². The number of hydrogen-bond donors (Lipinski definition) is 0. The number of furan rings is 1. The normalized spacial score (nSPS) is 12.6. The van der Waals surface area contributed by atoms with Crippen LogP contribution in [-0.2, 0) is 6.42 Å². The largest absolute Gasteiger partial charge is 0.469 e. The minimum absolute atomic E-state index is 0.308. The second-order valence-corrected chi connectivity index (χ2v) is 6.07. The molecule has 1 heterocycles. The van der Waals surface area contributed by atoms with Crippen LogP contribution < -0.4 is 0 Å². The molecule has 1 atom stereocenters. The van der Waals surface area contributed by atoms with Gasteiger partial charge in [0.05, 0.1) is 6.26 Å². The predicted molar refractivity (Wildman–Crippen MR) is 96.5 cm³/mol. The van der Waals surface area contributed by atoms with E-state index in [4.69, 9.17) is 4.42 Å². The Morgan fingerprint density at radius 1 is 0.870 bits per heavy atom. The molecular weight excluding hydrogens is 280 g/mol. The van der Waals surface area contributed by atoms with Crippen molar-refractivity contribution in [2.24, 2.45) is 0 Å². The maximum absolute atomic E-state index is 5.54. The van der Waals surface area contributed by atoms with Crippen molar-refractivity contribution in [1.29, 1.82) is 0 Å². The van der Waals surface area contributed by atoms with E-state index in [-0.39, 0.29) is 0 Å². The molecule has 1 aromatic heterocycles. The molecule has 2 aromatic carbocycles. The third kappa shape index (κ3) is 4.23. The Bertz CT molecular complexity index is 747. The number of rotatable bonds is 5. The lowest BCUT2D eigenvalue weighted by Gasteiger charge is -2.12. The van der Waals surface area contributed by atoms with E-state index in [2.05, 4.69) is 74.5 Å². The van der Waals surface area contributed by atoms with E-state index in [0.29, 0.717) is 5.92 Å². The van der Waals surface area contributed by atoms with Crippen LogP contribution in [0.2, 0.25) is 0 Å². The van der Waals surface area contributed by atoms with Crippen molar-refractivity contribution in [2.45, 2.75) is 26.2 Å². The standard InChI is InChI=1S/C22H22O/c1-17-5-9-19(10-6-17)11-14-21(16-22-4-3-15-23-22)20-12-7-18(2)8-13-20/h3-15,21H,16H2,1-2H3/b14-11+. The molecule has 3 rings (SSSR count). The van der Waals surface area contributed by atoms with Gasteiger partial charge >= 0.3 is 0 Å². The lowest BCUT2D eigenvalue weighted by molar-refractivity contribution is 0.500. The predicted octanol–water partition coefficient (Wildman–Crippen LogP) is 5.94. The zero-order chi connectivity index (χ0) is 16.1. The summed E-state index contributed by atoms with van der Waals surface area (Å²) in [5.74, 6) is 1.33. The van der Waals surface area contributed by atoms with E-state index < -0.39 is 0 Å². The first kappa shape index (κ1) is 15.4. The molecule has 1 unspecified atom stereocenters. The van der Waals surface area contributed by atoms with E-state index in [1.54, 1.807) is 6.26 Å². The molecule has 0 fully saturated rings. The summed E-state index contributed by atoms with van der Waals surface area (Å²) in [4.78, 5) is 0. The zero-order valence-corrected chi connectivity index (χ0v) is 13.7. The lowest BCUT2D eigenvalue weighted by Crippen LogP contribution is -1.99. The Balaban J connectivity index is 1.84. The van der Waals surface area contributed by atoms with Crippen LogP contribution >= 0.6 is 0 Å². The Labute approximate surface area is 138 Å². The summed E-state index contributed by atoms with van der Waals surface area (Å²) < 4.78 is 5.54. The molecule has 0 spiro atoms. The highest BCUT2D eigenvalue weighted by Crippen LogP contribution is 2.24. The van der Waals surface area contributed by atoms with Crippen molar-refractivity contribution in [3.8, 4) is 0 Å². The summed E-state index contributed by atoms with van der Waals surface area (Å²) in [6.07, 6.45) is 7.09. The first-order valence-electron chi connectivity index (χ1n) is 8.04. The third-order valence-electron chi connectivity index (χ3n) is 4.11.